The zero-order valence-corrected chi connectivity index (χ0v) is 23.3. The van der Waals surface area contributed by atoms with E-state index in [1.165, 1.54) is 11.1 Å². The SMILES string of the molecule is [C-]#[N+]c1cc(-c2cc(-c3ccccc3)c(C)cn2)[c-]c(C#N)c1C#N.[Ir].[c-]1cccc2c1-c1nccn1CC2. The Morgan fingerprint density at radius 3 is 2.62 bits per heavy atom. The molecule has 6 rings (SSSR count). The van der Waals surface area contributed by atoms with E-state index in [1.807, 2.05) is 80.0 Å². The average Bonchev–Trinajstić information content (AvgIpc) is 3.47. The Morgan fingerprint density at radius 2 is 1.87 bits per heavy atom. The molecule has 1 aliphatic heterocycles. The Labute approximate surface area is 241 Å². The van der Waals surface area contributed by atoms with E-state index in [1.54, 1.807) is 12.3 Å². The van der Waals surface area contributed by atoms with Gasteiger partial charge in [-0.15, -0.1) is 53.1 Å². The van der Waals surface area contributed by atoms with Crippen molar-refractivity contribution in [3.05, 3.63) is 125 Å². The van der Waals surface area contributed by atoms with Crippen molar-refractivity contribution in [2.75, 3.05) is 0 Å². The molecule has 6 nitrogen and oxygen atoms in total. The second kappa shape index (κ2) is 12.1. The number of nitrogens with zero attached hydrogens (tertiary/aromatic N) is 6. The predicted molar refractivity (Wildman–Crippen MR) is 145 cm³/mol. The van der Waals surface area contributed by atoms with Gasteiger partial charge in [0.1, 0.15) is 5.69 Å². The van der Waals surface area contributed by atoms with Crippen LogP contribution in [0.2, 0.25) is 0 Å². The third-order valence-corrected chi connectivity index (χ3v) is 6.36. The Morgan fingerprint density at radius 1 is 1.05 bits per heavy atom. The van der Waals surface area contributed by atoms with Gasteiger partial charge in [-0.2, -0.15) is 0 Å². The molecule has 0 amide bonds. The minimum Gasteiger partial charge on any atom is -0.371 e. The van der Waals surface area contributed by atoms with E-state index in [2.05, 4.69) is 37.6 Å². The summed E-state index contributed by atoms with van der Waals surface area (Å²) in [7, 11) is 0. The molecule has 3 aromatic carbocycles. The van der Waals surface area contributed by atoms with Crippen LogP contribution in [0.15, 0.2) is 79.3 Å². The number of rotatable bonds is 2. The predicted octanol–water partition coefficient (Wildman–Crippen LogP) is 6.72. The summed E-state index contributed by atoms with van der Waals surface area (Å²) in [4.78, 5) is 12.1. The number of hydrogen-bond donors (Lipinski definition) is 0. The molecule has 0 aliphatic carbocycles. The molecular formula is C32H20IrN6-2. The molecule has 0 spiro atoms. The minimum absolute atomic E-state index is 0. The fourth-order valence-electron chi connectivity index (χ4n) is 4.44. The van der Waals surface area contributed by atoms with E-state index in [9.17, 15) is 10.5 Å². The van der Waals surface area contributed by atoms with Crippen LogP contribution in [-0.4, -0.2) is 14.5 Å². The van der Waals surface area contributed by atoms with Crippen molar-refractivity contribution in [3.63, 3.8) is 0 Å². The second-order valence-electron chi connectivity index (χ2n) is 8.67. The summed E-state index contributed by atoms with van der Waals surface area (Å²) in [6.45, 7) is 10.3. The van der Waals surface area contributed by atoms with Crippen molar-refractivity contribution in [2.45, 2.75) is 19.9 Å². The third kappa shape index (κ3) is 5.54. The summed E-state index contributed by atoms with van der Waals surface area (Å²) in [6, 6.07) is 29.5. The summed E-state index contributed by atoms with van der Waals surface area (Å²) in [5, 5.41) is 18.4. The van der Waals surface area contributed by atoms with Crippen LogP contribution in [0.25, 0.3) is 38.6 Å². The van der Waals surface area contributed by atoms with Crippen LogP contribution >= 0.6 is 0 Å². The van der Waals surface area contributed by atoms with Crippen LogP contribution in [0, 0.1) is 48.3 Å². The quantitative estimate of drug-likeness (QED) is 0.194. The molecule has 5 aromatic rings. The van der Waals surface area contributed by atoms with E-state index >= 15 is 0 Å². The fourth-order valence-corrected chi connectivity index (χ4v) is 4.44. The van der Waals surface area contributed by atoms with Gasteiger partial charge >= 0.3 is 0 Å². The maximum absolute atomic E-state index is 9.26. The molecule has 2 aromatic heterocycles. The van der Waals surface area contributed by atoms with Gasteiger partial charge in [0, 0.05) is 62.6 Å². The molecule has 0 N–H and O–H groups in total. The molecule has 7 heteroatoms. The molecule has 3 heterocycles. The van der Waals surface area contributed by atoms with E-state index in [0.717, 1.165) is 35.5 Å². The third-order valence-electron chi connectivity index (χ3n) is 6.36. The molecule has 1 aliphatic rings. The van der Waals surface area contributed by atoms with Crippen LogP contribution in [0.1, 0.15) is 22.3 Å². The van der Waals surface area contributed by atoms with Gasteiger partial charge < -0.3 is 4.57 Å². The van der Waals surface area contributed by atoms with Crippen LogP contribution in [0.5, 0.6) is 0 Å². The number of aromatic nitrogens is 3. The molecular weight excluding hydrogens is 661 g/mol. The van der Waals surface area contributed by atoms with Crippen molar-refractivity contribution in [3.8, 4) is 45.9 Å². The van der Waals surface area contributed by atoms with Crippen LogP contribution in [-0.2, 0) is 33.1 Å². The fraction of sp³-hybridized carbons (Fsp3) is 0.0938. The first kappa shape index (κ1) is 27.2. The number of nitriles is 2. The van der Waals surface area contributed by atoms with Gasteiger partial charge in [-0.25, -0.2) is 10.5 Å². The Bertz CT molecular complexity index is 1730. The van der Waals surface area contributed by atoms with Gasteiger partial charge in [0.15, 0.2) is 0 Å². The standard InChI is InChI=1S/C21H11N4.C11H9N2.Ir/c1-14-13-25-20(10-18(14)15-6-4-3-5-7-15)16-8-17(11-22)19(12-23)21(9-16)24-2;1-2-4-10-9(3-1)5-7-13-8-6-12-11(10)13;/h3-7,9-10,13H,1H3;1-3,6,8H,5,7H2;/q2*-1;. The van der Waals surface area contributed by atoms with Gasteiger partial charge in [0.2, 0.25) is 0 Å². The maximum Gasteiger partial charge on any atom is 0.142 e. The van der Waals surface area contributed by atoms with Crippen LogP contribution in [0.3, 0.4) is 0 Å². The summed E-state index contributed by atoms with van der Waals surface area (Å²) in [6.07, 6.45) is 6.73. The minimum atomic E-state index is 0. The largest absolute Gasteiger partial charge is 0.371 e. The molecule has 0 saturated heterocycles. The Balaban J connectivity index is 0.000000210. The first-order chi connectivity index (χ1) is 18.6. The number of imidazole rings is 1. The smallest absolute Gasteiger partial charge is 0.142 e. The van der Waals surface area contributed by atoms with E-state index in [-0.39, 0.29) is 36.9 Å². The van der Waals surface area contributed by atoms with Crippen molar-refractivity contribution < 1.29 is 20.1 Å². The molecule has 0 saturated carbocycles. The number of benzene rings is 3. The maximum atomic E-state index is 9.26. The van der Waals surface area contributed by atoms with Gasteiger partial charge in [-0.3, -0.25) is 14.8 Å². The van der Waals surface area contributed by atoms with Crippen LogP contribution in [0.4, 0.5) is 5.69 Å². The van der Waals surface area contributed by atoms with Gasteiger partial charge in [-0.05, 0) is 41.7 Å². The Hall–Kier alpha value is -4.86. The molecule has 39 heavy (non-hydrogen) atoms. The van der Waals surface area contributed by atoms with Crippen molar-refractivity contribution in [2.24, 2.45) is 0 Å². The van der Waals surface area contributed by atoms with E-state index < -0.39 is 0 Å². The van der Waals surface area contributed by atoms with Crippen molar-refractivity contribution in [1.29, 1.82) is 10.5 Å². The second-order valence-corrected chi connectivity index (χ2v) is 8.67. The number of aryl methyl sites for hydroxylation is 3. The molecule has 0 fully saturated rings. The van der Waals surface area contributed by atoms with Gasteiger partial charge in [0.25, 0.3) is 0 Å². The summed E-state index contributed by atoms with van der Waals surface area (Å²) in [5.74, 6) is 1.06. The van der Waals surface area contributed by atoms with E-state index in [0.29, 0.717) is 11.3 Å². The zero-order valence-electron chi connectivity index (χ0n) is 20.9. The van der Waals surface area contributed by atoms with Crippen molar-refractivity contribution in [1.82, 2.24) is 14.5 Å². The topological polar surface area (TPSA) is 82.7 Å². The number of fused-ring (bicyclic) bond motifs is 3. The molecule has 1 radical (unpaired) electrons. The average molecular weight is 681 g/mol. The monoisotopic (exact) mass is 681 g/mol. The molecule has 0 bridgehead atoms. The molecule has 0 unspecified atom stereocenters. The Kier molecular flexibility index (Phi) is 8.45. The molecule has 0 atom stereocenters. The normalized spacial score (nSPS) is 10.7. The first-order valence-electron chi connectivity index (χ1n) is 11.9. The molecule has 189 valence electrons. The van der Waals surface area contributed by atoms with Crippen molar-refractivity contribution >= 4 is 5.69 Å². The first-order valence-corrected chi connectivity index (χ1v) is 11.9. The summed E-state index contributed by atoms with van der Waals surface area (Å²) < 4.78 is 2.18. The summed E-state index contributed by atoms with van der Waals surface area (Å²) in [5.41, 5.74) is 7.01. The summed E-state index contributed by atoms with van der Waals surface area (Å²) >= 11 is 0. The van der Waals surface area contributed by atoms with Gasteiger partial charge in [0.05, 0.1) is 12.4 Å². The zero-order chi connectivity index (χ0) is 26.5. The number of pyridine rings is 1. The van der Waals surface area contributed by atoms with Gasteiger partial charge in [-0.1, -0.05) is 36.4 Å². The number of hydrogen-bond acceptors (Lipinski definition) is 4. The van der Waals surface area contributed by atoms with Crippen LogP contribution < -0.4 is 0 Å². The van der Waals surface area contributed by atoms with E-state index in [4.69, 9.17) is 6.57 Å².